The number of hydrogen-bond acceptors (Lipinski definition) is 6. The first kappa shape index (κ1) is 29.6. The molecule has 1 saturated heterocycles. The first-order valence-electron chi connectivity index (χ1n) is 13.6. The third-order valence-corrected chi connectivity index (χ3v) is 8.48. The Balaban J connectivity index is 1.37. The molecule has 0 bridgehead atoms. The highest BCUT2D eigenvalue weighted by atomic mass is 35.5. The highest BCUT2D eigenvalue weighted by molar-refractivity contribution is 7.97. The monoisotopic (exact) mass is 603 g/mol. The number of nitrogens with zero attached hydrogens (tertiary/aromatic N) is 2. The van der Waals surface area contributed by atoms with Gasteiger partial charge < -0.3 is 26.1 Å². The quantitative estimate of drug-likeness (QED) is 0.166. The molecule has 3 aromatic carbocycles. The number of fused-ring (bicyclic) bond motifs is 1. The van der Waals surface area contributed by atoms with Crippen molar-refractivity contribution in [3.63, 3.8) is 0 Å². The highest BCUT2D eigenvalue weighted by Crippen LogP contribution is 2.38. The van der Waals surface area contributed by atoms with Crippen LogP contribution < -0.4 is 21.5 Å². The number of nitrogens with two attached hydrogens (primary N) is 2. The van der Waals surface area contributed by atoms with Crippen LogP contribution in [-0.4, -0.2) is 40.9 Å². The SMILES string of the molecule is NCCCn1cc(-c2ccc(OC(F)(F)F)cc2CN)c2cc(SN3CCC(Nc4cccc(Cl)c4)CC3)ccc21. The van der Waals surface area contributed by atoms with Gasteiger partial charge in [0.2, 0.25) is 0 Å². The Morgan fingerprint density at radius 2 is 1.80 bits per heavy atom. The molecule has 0 atom stereocenters. The topological polar surface area (TPSA) is 81.5 Å². The zero-order chi connectivity index (χ0) is 29.0. The van der Waals surface area contributed by atoms with Crippen LogP contribution in [0.15, 0.2) is 71.8 Å². The summed E-state index contributed by atoms with van der Waals surface area (Å²) in [4.78, 5) is 1.10. The van der Waals surface area contributed by atoms with Gasteiger partial charge in [0.15, 0.2) is 0 Å². The average Bonchev–Trinajstić information content (AvgIpc) is 3.29. The van der Waals surface area contributed by atoms with E-state index in [2.05, 4.69) is 37.1 Å². The fourth-order valence-electron chi connectivity index (χ4n) is 5.25. The van der Waals surface area contributed by atoms with Crippen LogP contribution in [0.5, 0.6) is 5.75 Å². The maximum absolute atomic E-state index is 12.8. The van der Waals surface area contributed by atoms with Gasteiger partial charge in [-0.1, -0.05) is 23.7 Å². The number of anilines is 1. The minimum Gasteiger partial charge on any atom is -0.406 e. The summed E-state index contributed by atoms with van der Waals surface area (Å²) in [7, 11) is 0. The summed E-state index contributed by atoms with van der Waals surface area (Å²) in [5.41, 5.74) is 16.1. The van der Waals surface area contributed by atoms with Gasteiger partial charge in [-0.3, -0.25) is 0 Å². The number of halogens is 4. The largest absolute Gasteiger partial charge is 0.573 e. The van der Waals surface area contributed by atoms with Gasteiger partial charge in [-0.05, 0) is 97.4 Å². The number of benzene rings is 3. The van der Waals surface area contributed by atoms with Crippen molar-refractivity contribution < 1.29 is 17.9 Å². The van der Waals surface area contributed by atoms with E-state index in [9.17, 15) is 13.2 Å². The second-order valence-electron chi connectivity index (χ2n) is 10.1. The lowest BCUT2D eigenvalue weighted by Crippen LogP contribution is -2.35. The van der Waals surface area contributed by atoms with Crippen molar-refractivity contribution in [3.05, 3.63) is 77.4 Å². The average molecular weight is 604 g/mol. The van der Waals surface area contributed by atoms with Crippen LogP contribution in [-0.2, 0) is 13.1 Å². The zero-order valence-corrected chi connectivity index (χ0v) is 24.0. The Bertz CT molecular complexity index is 1490. The van der Waals surface area contributed by atoms with Crippen LogP contribution in [0.4, 0.5) is 18.9 Å². The van der Waals surface area contributed by atoms with Gasteiger partial charge in [0.25, 0.3) is 0 Å². The fourth-order valence-corrected chi connectivity index (χ4v) is 6.43. The molecule has 1 fully saturated rings. The molecule has 6 nitrogen and oxygen atoms in total. The van der Waals surface area contributed by atoms with Gasteiger partial charge in [0, 0.05) is 70.5 Å². The zero-order valence-electron chi connectivity index (χ0n) is 22.5. The molecule has 0 aliphatic carbocycles. The van der Waals surface area contributed by atoms with Gasteiger partial charge in [0.1, 0.15) is 5.75 Å². The Morgan fingerprint density at radius 1 is 1.00 bits per heavy atom. The lowest BCUT2D eigenvalue weighted by Gasteiger charge is -2.32. The van der Waals surface area contributed by atoms with Gasteiger partial charge in [0.05, 0.1) is 0 Å². The second kappa shape index (κ2) is 13.0. The van der Waals surface area contributed by atoms with Crippen LogP contribution in [0.25, 0.3) is 22.0 Å². The molecular weight excluding hydrogens is 571 g/mol. The summed E-state index contributed by atoms with van der Waals surface area (Å²) in [6.45, 7) is 3.24. The number of rotatable bonds is 10. The van der Waals surface area contributed by atoms with Crippen molar-refractivity contribution in [2.75, 3.05) is 25.0 Å². The smallest absolute Gasteiger partial charge is 0.406 e. The number of hydrogen-bond donors (Lipinski definition) is 3. The first-order chi connectivity index (χ1) is 19.7. The van der Waals surface area contributed by atoms with Gasteiger partial charge >= 0.3 is 6.36 Å². The molecule has 0 radical (unpaired) electrons. The van der Waals surface area contributed by atoms with E-state index in [-0.39, 0.29) is 12.3 Å². The van der Waals surface area contributed by atoms with Crippen LogP contribution in [0.1, 0.15) is 24.8 Å². The Hall–Kier alpha value is -2.89. The van der Waals surface area contributed by atoms with E-state index in [1.807, 2.05) is 30.5 Å². The van der Waals surface area contributed by atoms with Crippen LogP contribution >= 0.6 is 23.5 Å². The van der Waals surface area contributed by atoms with Crippen molar-refractivity contribution in [2.45, 2.75) is 49.7 Å². The molecule has 5 rings (SSSR count). The molecule has 1 aliphatic heterocycles. The molecule has 0 amide bonds. The predicted octanol–water partition coefficient (Wildman–Crippen LogP) is 7.25. The predicted molar refractivity (Wildman–Crippen MR) is 161 cm³/mol. The molecule has 11 heteroatoms. The van der Waals surface area contributed by atoms with E-state index in [1.165, 1.54) is 12.1 Å². The molecule has 41 heavy (non-hydrogen) atoms. The van der Waals surface area contributed by atoms with E-state index in [1.54, 1.807) is 18.0 Å². The summed E-state index contributed by atoms with van der Waals surface area (Å²) >= 11 is 7.85. The summed E-state index contributed by atoms with van der Waals surface area (Å²) < 4.78 is 47.1. The molecular formula is C30H33ClF3N5OS. The number of alkyl halides is 3. The number of aryl methyl sites for hydroxylation is 1. The van der Waals surface area contributed by atoms with Crippen molar-refractivity contribution in [1.82, 2.24) is 8.87 Å². The molecule has 218 valence electrons. The molecule has 0 saturated carbocycles. The number of ether oxygens (including phenoxy) is 1. The molecule has 0 spiro atoms. The first-order valence-corrected chi connectivity index (χ1v) is 14.7. The van der Waals surface area contributed by atoms with Gasteiger partial charge in [-0.2, -0.15) is 0 Å². The van der Waals surface area contributed by atoms with Crippen molar-refractivity contribution in [3.8, 4) is 16.9 Å². The maximum atomic E-state index is 12.8. The number of nitrogens with one attached hydrogen (secondary N) is 1. The highest BCUT2D eigenvalue weighted by Gasteiger charge is 2.31. The molecule has 5 N–H and O–H groups in total. The fraction of sp³-hybridized carbons (Fsp3) is 0.333. The molecule has 0 unspecified atom stereocenters. The second-order valence-corrected chi connectivity index (χ2v) is 11.7. The third kappa shape index (κ3) is 7.50. The minimum absolute atomic E-state index is 0.0759. The molecule has 4 aromatic rings. The van der Waals surface area contributed by atoms with Crippen LogP contribution in [0.3, 0.4) is 0 Å². The molecule has 1 aromatic heterocycles. The Morgan fingerprint density at radius 3 is 2.51 bits per heavy atom. The van der Waals surface area contributed by atoms with Gasteiger partial charge in [-0.15, -0.1) is 13.2 Å². The van der Waals surface area contributed by atoms with E-state index in [0.717, 1.165) is 76.5 Å². The lowest BCUT2D eigenvalue weighted by atomic mass is 9.99. The number of aromatic nitrogens is 1. The normalized spacial score (nSPS) is 15.0. The Labute approximate surface area is 246 Å². The van der Waals surface area contributed by atoms with Gasteiger partial charge in [-0.25, -0.2) is 4.31 Å². The van der Waals surface area contributed by atoms with E-state index >= 15 is 0 Å². The lowest BCUT2D eigenvalue weighted by molar-refractivity contribution is -0.274. The number of piperidine rings is 1. The van der Waals surface area contributed by atoms with Crippen LogP contribution in [0.2, 0.25) is 5.02 Å². The Kier molecular flexibility index (Phi) is 9.35. The third-order valence-electron chi connectivity index (χ3n) is 7.16. The molecule has 2 heterocycles. The summed E-state index contributed by atoms with van der Waals surface area (Å²) in [6.07, 6.45) is 0.0987. The standard InChI is InChI=1S/C30H33ClF3N5OS/c31-21-3-1-4-23(16-21)37-22-9-13-39(14-10-22)41-25-6-8-29-27(17-25)28(19-38(29)12-2-11-35)26-7-5-24(15-20(26)18-36)40-30(32,33)34/h1,3-8,15-17,19,22,37H,2,9-14,18,35-36H2. The van der Waals surface area contributed by atoms with E-state index < -0.39 is 6.36 Å². The summed E-state index contributed by atoms with van der Waals surface area (Å²) in [6, 6.07) is 18.9. The minimum atomic E-state index is -4.77. The van der Waals surface area contributed by atoms with Crippen LogP contribution in [0, 0.1) is 0 Å². The molecule has 1 aliphatic rings. The van der Waals surface area contributed by atoms with E-state index in [4.69, 9.17) is 23.1 Å². The summed E-state index contributed by atoms with van der Waals surface area (Å²) in [5, 5.41) is 5.33. The summed E-state index contributed by atoms with van der Waals surface area (Å²) in [5.74, 6) is -0.280. The van der Waals surface area contributed by atoms with Crippen molar-refractivity contribution >= 4 is 40.1 Å². The van der Waals surface area contributed by atoms with Crippen molar-refractivity contribution in [1.29, 1.82) is 0 Å². The van der Waals surface area contributed by atoms with E-state index in [0.29, 0.717) is 18.2 Å². The maximum Gasteiger partial charge on any atom is 0.573 e. The van der Waals surface area contributed by atoms with Crippen molar-refractivity contribution in [2.24, 2.45) is 11.5 Å².